The molecule has 7 heteroatoms. The molecule has 0 aliphatic heterocycles. The highest BCUT2D eigenvalue weighted by Crippen LogP contribution is 2.83. The van der Waals surface area contributed by atoms with Gasteiger partial charge in [-0.1, -0.05) is 92.3 Å². The fraction of sp³-hybridized carbons (Fsp3) is 0.447. The van der Waals surface area contributed by atoms with E-state index in [4.69, 9.17) is 9.72 Å². The van der Waals surface area contributed by atoms with Gasteiger partial charge in [0.05, 0.1) is 29.9 Å². The molecule has 1 amide bonds. The zero-order valence-corrected chi connectivity index (χ0v) is 29.5. The molecular formula is C38H55N5O2. The smallest absolute Gasteiger partial charge is 0.247 e. The number of aromatic nitrogens is 2. The van der Waals surface area contributed by atoms with Crippen LogP contribution in [0.25, 0.3) is 5.57 Å². The largest absolute Gasteiger partial charge is 0.494 e. The Balaban J connectivity index is 0.00000111. The number of ether oxygens (including phenoxy) is 1. The van der Waals surface area contributed by atoms with E-state index in [0.717, 1.165) is 35.4 Å². The lowest BCUT2D eigenvalue weighted by atomic mass is 9.95. The molecule has 0 bridgehead atoms. The number of hydrogen-bond acceptors (Lipinski definition) is 6. The average Bonchev–Trinajstić information content (AvgIpc) is 3.96. The van der Waals surface area contributed by atoms with Crippen molar-refractivity contribution in [2.75, 3.05) is 29.7 Å². The van der Waals surface area contributed by atoms with Crippen molar-refractivity contribution in [2.45, 2.75) is 93.5 Å². The van der Waals surface area contributed by atoms with Crippen LogP contribution in [0.4, 0.5) is 23.0 Å². The first kappa shape index (κ1) is 37.1. The van der Waals surface area contributed by atoms with Gasteiger partial charge in [-0.3, -0.25) is 4.79 Å². The minimum atomic E-state index is -0.267. The minimum absolute atomic E-state index is 0.171. The highest BCUT2D eigenvalue weighted by Gasteiger charge is 2.84. The summed E-state index contributed by atoms with van der Waals surface area (Å²) < 4.78 is 5.80. The van der Waals surface area contributed by atoms with Gasteiger partial charge in [0.25, 0.3) is 0 Å². The molecule has 2 aliphatic rings. The molecule has 5 rings (SSSR count). The van der Waals surface area contributed by atoms with Crippen molar-refractivity contribution in [2.24, 2.45) is 5.41 Å². The fourth-order valence-electron chi connectivity index (χ4n) is 6.00. The van der Waals surface area contributed by atoms with Gasteiger partial charge in [-0.05, 0) is 67.4 Å². The molecule has 0 unspecified atom stereocenters. The number of amides is 1. The highest BCUT2D eigenvalue weighted by molar-refractivity contribution is 6.02. The van der Waals surface area contributed by atoms with E-state index < -0.39 is 0 Å². The predicted octanol–water partition coefficient (Wildman–Crippen LogP) is 9.82. The van der Waals surface area contributed by atoms with Gasteiger partial charge in [-0.15, -0.1) is 0 Å². The van der Waals surface area contributed by atoms with E-state index in [1.54, 1.807) is 13.3 Å². The number of allylic oxidation sites excluding steroid dienone is 1. The lowest BCUT2D eigenvalue weighted by Gasteiger charge is -2.27. The number of carbonyl (C=O) groups excluding carboxylic acids is 1. The Morgan fingerprint density at radius 2 is 1.71 bits per heavy atom. The Kier molecular flexibility index (Phi) is 13.8. The number of nitrogens with one attached hydrogen (secondary N) is 2. The number of benzene rings is 2. The second kappa shape index (κ2) is 16.8. The summed E-state index contributed by atoms with van der Waals surface area (Å²) in [7, 11) is 3.75. The fourth-order valence-corrected chi connectivity index (χ4v) is 6.00. The van der Waals surface area contributed by atoms with Gasteiger partial charge >= 0.3 is 0 Å². The van der Waals surface area contributed by atoms with Crippen LogP contribution >= 0.6 is 0 Å². The summed E-state index contributed by atoms with van der Waals surface area (Å²) in [6.07, 6.45) is 9.57. The standard InChI is InChI=1S/C32H37N5O2.3C2H6/c1-7-21-13-11-12-14-23(21)22(8-2)24-15-16-33-30(35-24)36-26-17-25(34-29(38)9-3)27(18-28(26)39-6)37(5)32-19-31(32,10-4)20-32;3*1-2/h8-9,11-18H,3,7,10,19-20H2,1-2,4-6H3,(H,34,38)(H,33,35,36);3*1-2H3/b22-8+;;;. The van der Waals surface area contributed by atoms with Crippen molar-refractivity contribution in [1.82, 2.24) is 9.97 Å². The van der Waals surface area contributed by atoms with Gasteiger partial charge in [0, 0.05) is 30.4 Å². The highest BCUT2D eigenvalue weighted by atomic mass is 16.5. The maximum atomic E-state index is 12.4. The Morgan fingerprint density at radius 3 is 2.27 bits per heavy atom. The molecular weight excluding hydrogens is 558 g/mol. The molecule has 45 heavy (non-hydrogen) atoms. The van der Waals surface area contributed by atoms with E-state index in [-0.39, 0.29) is 11.4 Å². The third-order valence-electron chi connectivity index (χ3n) is 8.60. The number of hydrogen-bond donors (Lipinski definition) is 2. The summed E-state index contributed by atoms with van der Waals surface area (Å²) >= 11 is 0. The Morgan fingerprint density at radius 1 is 1.04 bits per heavy atom. The Hall–Kier alpha value is -4.13. The number of rotatable bonds is 11. The molecule has 2 aromatic carbocycles. The Bertz CT molecular complexity index is 1460. The normalized spacial score (nSPS) is 18.6. The van der Waals surface area contributed by atoms with Crippen molar-refractivity contribution in [3.05, 3.63) is 84.2 Å². The number of aryl methyl sites for hydroxylation is 1. The first-order valence-corrected chi connectivity index (χ1v) is 16.6. The molecule has 3 aromatic rings. The monoisotopic (exact) mass is 613 g/mol. The summed E-state index contributed by atoms with van der Waals surface area (Å²) in [6.45, 7) is 22.1. The van der Waals surface area contributed by atoms with E-state index in [0.29, 0.717) is 28.5 Å². The summed E-state index contributed by atoms with van der Waals surface area (Å²) in [4.78, 5) is 24.0. The molecule has 7 nitrogen and oxygen atoms in total. The van der Waals surface area contributed by atoms with Crippen molar-refractivity contribution < 1.29 is 9.53 Å². The van der Waals surface area contributed by atoms with E-state index in [2.05, 4.69) is 72.3 Å². The van der Waals surface area contributed by atoms with Gasteiger partial charge in [0.2, 0.25) is 11.9 Å². The molecule has 2 fully saturated rings. The molecule has 0 spiro atoms. The van der Waals surface area contributed by atoms with Crippen molar-refractivity contribution in [3.63, 3.8) is 0 Å². The second-order valence-electron chi connectivity index (χ2n) is 10.4. The SMILES string of the molecule is C=CC(=O)Nc1cc(Nc2nccc(/C(=C/C)c3ccccc3CC)n2)c(OC)cc1N(C)C12CC1(CC)C2.CC.CC.CC. The zero-order valence-electron chi connectivity index (χ0n) is 29.5. The van der Waals surface area contributed by atoms with Crippen LogP contribution in [-0.2, 0) is 11.2 Å². The lowest BCUT2D eigenvalue weighted by molar-refractivity contribution is -0.111. The van der Waals surface area contributed by atoms with E-state index in [9.17, 15) is 4.79 Å². The summed E-state index contributed by atoms with van der Waals surface area (Å²) in [5.41, 5.74) is 7.14. The summed E-state index contributed by atoms with van der Waals surface area (Å²) in [5, 5.41) is 6.33. The first-order valence-electron chi connectivity index (χ1n) is 16.6. The molecule has 2 saturated carbocycles. The maximum absolute atomic E-state index is 12.4. The van der Waals surface area contributed by atoms with Crippen molar-refractivity contribution in [3.8, 4) is 5.75 Å². The van der Waals surface area contributed by atoms with Crippen LogP contribution in [0, 0.1) is 5.41 Å². The number of anilines is 4. The molecule has 1 aromatic heterocycles. The van der Waals surface area contributed by atoms with E-state index in [1.165, 1.54) is 24.5 Å². The first-order chi connectivity index (χ1) is 21.8. The molecule has 2 N–H and O–H groups in total. The second-order valence-corrected chi connectivity index (χ2v) is 10.4. The van der Waals surface area contributed by atoms with Crippen molar-refractivity contribution in [1.29, 1.82) is 0 Å². The molecule has 2 aliphatic carbocycles. The van der Waals surface area contributed by atoms with Gasteiger partial charge in [0.1, 0.15) is 5.75 Å². The zero-order chi connectivity index (χ0) is 33.8. The topological polar surface area (TPSA) is 79.4 Å². The van der Waals surface area contributed by atoms with Crippen molar-refractivity contribution >= 4 is 34.5 Å². The molecule has 1 heterocycles. The predicted molar refractivity (Wildman–Crippen MR) is 193 cm³/mol. The third-order valence-corrected chi connectivity index (χ3v) is 8.60. The minimum Gasteiger partial charge on any atom is -0.494 e. The average molecular weight is 614 g/mol. The molecule has 0 saturated heterocycles. The number of methoxy groups -OCH3 is 1. The quantitative estimate of drug-likeness (QED) is 0.210. The van der Waals surface area contributed by atoms with Gasteiger partial charge < -0.3 is 20.3 Å². The van der Waals surface area contributed by atoms with Gasteiger partial charge in [-0.2, -0.15) is 0 Å². The van der Waals surface area contributed by atoms with Crippen LogP contribution in [0.3, 0.4) is 0 Å². The summed E-state index contributed by atoms with van der Waals surface area (Å²) in [5.74, 6) is 0.816. The molecule has 0 atom stereocenters. The molecule has 244 valence electrons. The maximum Gasteiger partial charge on any atom is 0.247 e. The number of carbonyl (C=O) groups is 1. The van der Waals surface area contributed by atoms with E-state index in [1.807, 2.05) is 72.7 Å². The van der Waals surface area contributed by atoms with Crippen LogP contribution in [0.1, 0.15) is 98.4 Å². The Labute approximate surface area is 272 Å². The number of nitrogens with zero attached hydrogens (tertiary/aromatic N) is 3. The van der Waals surface area contributed by atoms with Gasteiger partial charge in [0.15, 0.2) is 0 Å². The lowest BCUT2D eigenvalue weighted by Crippen LogP contribution is -2.28. The van der Waals surface area contributed by atoms with E-state index >= 15 is 0 Å². The van der Waals surface area contributed by atoms with Crippen LogP contribution in [0.5, 0.6) is 5.75 Å². The van der Waals surface area contributed by atoms with Gasteiger partial charge in [-0.25, -0.2) is 9.97 Å². The number of fused-ring (bicyclic) bond motifs is 1. The molecule has 0 radical (unpaired) electrons. The van der Waals surface area contributed by atoms with Crippen LogP contribution in [-0.4, -0.2) is 35.6 Å². The van der Waals surface area contributed by atoms with Crippen LogP contribution < -0.4 is 20.3 Å². The third kappa shape index (κ3) is 7.58. The van der Waals surface area contributed by atoms with Crippen LogP contribution in [0.2, 0.25) is 0 Å². The summed E-state index contributed by atoms with van der Waals surface area (Å²) in [6, 6.07) is 14.2. The van der Waals surface area contributed by atoms with Crippen LogP contribution in [0.15, 0.2) is 67.4 Å².